The van der Waals surface area contributed by atoms with Crippen molar-refractivity contribution in [1.82, 2.24) is 20.2 Å². The molecule has 0 unspecified atom stereocenters. The normalized spacial score (nSPS) is 11.1. The Morgan fingerprint density at radius 1 is 1.58 bits per heavy atom. The van der Waals surface area contributed by atoms with Crippen molar-refractivity contribution >= 4 is 23.4 Å². The van der Waals surface area contributed by atoms with Crippen LogP contribution in [0.1, 0.15) is 12.6 Å². The van der Waals surface area contributed by atoms with Gasteiger partial charge in [0.25, 0.3) is 0 Å². The van der Waals surface area contributed by atoms with Gasteiger partial charge in [0.15, 0.2) is 0 Å². The van der Waals surface area contributed by atoms with E-state index in [1.807, 2.05) is 31.2 Å². The maximum absolute atomic E-state index is 8.46. The minimum absolute atomic E-state index is 0.313. The van der Waals surface area contributed by atoms with E-state index in [0.29, 0.717) is 16.9 Å². The molecule has 0 amide bonds. The smallest absolute Gasteiger partial charge is 0.240 e. The van der Waals surface area contributed by atoms with Crippen LogP contribution in [0.4, 0.5) is 5.95 Å². The third-order valence-electron chi connectivity index (χ3n) is 2.10. The van der Waals surface area contributed by atoms with Gasteiger partial charge in [-0.25, -0.2) is 10.5 Å². The number of anilines is 1. The van der Waals surface area contributed by atoms with Crippen LogP contribution in [-0.2, 0) is 0 Å². The van der Waals surface area contributed by atoms with E-state index in [9.17, 15) is 0 Å². The number of rotatable bonds is 5. The van der Waals surface area contributed by atoms with Gasteiger partial charge < -0.3 is 0 Å². The molecule has 2 N–H and O–H groups in total. The van der Waals surface area contributed by atoms with Crippen molar-refractivity contribution in [3.63, 3.8) is 0 Å². The monoisotopic (exact) mass is 273 g/mol. The number of nitrogens with zero attached hydrogens (tertiary/aromatic N) is 5. The van der Waals surface area contributed by atoms with Crippen LogP contribution in [0, 0.1) is 11.3 Å². The Morgan fingerprint density at radius 2 is 2.47 bits per heavy atom. The maximum atomic E-state index is 8.46. The number of hydrogen-bond acceptors (Lipinski definition) is 7. The maximum Gasteiger partial charge on any atom is 0.240 e. The van der Waals surface area contributed by atoms with Crippen molar-refractivity contribution < 1.29 is 0 Å². The molecule has 2 aromatic heterocycles. The van der Waals surface area contributed by atoms with Gasteiger partial charge in [-0.1, -0.05) is 17.8 Å². The molecule has 19 heavy (non-hydrogen) atoms. The molecule has 0 spiro atoms. The van der Waals surface area contributed by atoms with E-state index in [1.165, 1.54) is 11.8 Å². The SMILES string of the molecule is C/C(=N\Nc1nc(SCC#N)n[nH]1)c1ccccn1. The lowest BCUT2D eigenvalue weighted by atomic mass is 10.3. The molecule has 0 aliphatic rings. The first-order valence-electron chi connectivity index (χ1n) is 5.43. The lowest BCUT2D eigenvalue weighted by Crippen LogP contribution is -2.02. The quantitative estimate of drug-likeness (QED) is 0.488. The summed E-state index contributed by atoms with van der Waals surface area (Å²) in [6.45, 7) is 1.84. The second-order valence-electron chi connectivity index (χ2n) is 3.44. The molecule has 0 aliphatic heterocycles. The van der Waals surface area contributed by atoms with Crippen LogP contribution in [0.2, 0.25) is 0 Å². The molecule has 0 aromatic carbocycles. The Morgan fingerprint density at radius 3 is 3.21 bits per heavy atom. The van der Waals surface area contributed by atoms with Crippen molar-refractivity contribution in [3.05, 3.63) is 30.1 Å². The van der Waals surface area contributed by atoms with Gasteiger partial charge in [0.05, 0.1) is 23.2 Å². The zero-order valence-electron chi connectivity index (χ0n) is 10.2. The van der Waals surface area contributed by atoms with Crippen molar-refractivity contribution in [2.75, 3.05) is 11.2 Å². The van der Waals surface area contributed by atoms with Crippen LogP contribution >= 0.6 is 11.8 Å². The number of pyridine rings is 1. The van der Waals surface area contributed by atoms with Crippen LogP contribution in [0.5, 0.6) is 0 Å². The number of hydrazone groups is 1. The van der Waals surface area contributed by atoms with Gasteiger partial charge in [-0.2, -0.15) is 15.3 Å². The van der Waals surface area contributed by atoms with Crippen molar-refractivity contribution in [2.45, 2.75) is 12.1 Å². The predicted molar refractivity (Wildman–Crippen MR) is 72.8 cm³/mol. The highest BCUT2D eigenvalue weighted by molar-refractivity contribution is 7.99. The number of nitrogens with one attached hydrogen (secondary N) is 2. The summed E-state index contributed by atoms with van der Waals surface area (Å²) < 4.78 is 0. The summed E-state index contributed by atoms with van der Waals surface area (Å²) >= 11 is 1.26. The molecule has 0 saturated carbocycles. The van der Waals surface area contributed by atoms with E-state index in [2.05, 4.69) is 30.7 Å². The van der Waals surface area contributed by atoms with Gasteiger partial charge in [0, 0.05) is 6.20 Å². The lowest BCUT2D eigenvalue weighted by Gasteiger charge is -1.99. The standard InChI is InChI=1S/C11H11N7S/c1-8(9-4-2-3-6-13-9)15-16-10-14-11(18-17-10)19-7-5-12/h2-4,6H,7H2,1H3,(H2,14,16,17,18)/b15-8+. The Bertz CT molecular complexity index is 599. The average molecular weight is 273 g/mol. The van der Waals surface area contributed by atoms with E-state index in [0.717, 1.165) is 11.4 Å². The summed E-state index contributed by atoms with van der Waals surface area (Å²) in [4.78, 5) is 8.30. The van der Waals surface area contributed by atoms with Crippen LogP contribution < -0.4 is 5.43 Å². The molecule has 0 aliphatic carbocycles. The van der Waals surface area contributed by atoms with Gasteiger partial charge in [-0.05, 0) is 19.1 Å². The number of hydrogen-bond donors (Lipinski definition) is 2. The summed E-state index contributed by atoms with van der Waals surface area (Å²) in [5.41, 5.74) is 4.29. The fraction of sp³-hybridized carbons (Fsp3) is 0.182. The van der Waals surface area contributed by atoms with Crippen molar-refractivity contribution in [1.29, 1.82) is 5.26 Å². The molecule has 0 fully saturated rings. The summed E-state index contributed by atoms with van der Waals surface area (Å²) in [5.74, 6) is 0.740. The fourth-order valence-corrected chi connectivity index (χ4v) is 1.69. The molecule has 2 heterocycles. The first kappa shape index (κ1) is 13.0. The van der Waals surface area contributed by atoms with E-state index in [1.54, 1.807) is 6.20 Å². The zero-order valence-corrected chi connectivity index (χ0v) is 11.0. The van der Waals surface area contributed by atoms with Crippen LogP contribution in [-0.4, -0.2) is 31.6 Å². The largest absolute Gasteiger partial charge is 0.255 e. The van der Waals surface area contributed by atoms with Gasteiger partial charge in [-0.15, -0.1) is 5.10 Å². The molecule has 0 bridgehead atoms. The highest BCUT2D eigenvalue weighted by Gasteiger charge is 2.03. The average Bonchev–Trinajstić information content (AvgIpc) is 2.91. The molecule has 7 nitrogen and oxygen atoms in total. The highest BCUT2D eigenvalue weighted by atomic mass is 32.2. The lowest BCUT2D eigenvalue weighted by molar-refractivity contribution is 0.974. The molecule has 2 aromatic rings. The van der Waals surface area contributed by atoms with Crippen LogP contribution in [0.25, 0.3) is 0 Å². The Hall–Kier alpha value is -2.40. The van der Waals surface area contributed by atoms with Crippen molar-refractivity contribution in [2.24, 2.45) is 5.10 Å². The third kappa shape index (κ3) is 3.79. The van der Waals surface area contributed by atoms with Gasteiger partial charge in [0.2, 0.25) is 11.1 Å². The Balaban J connectivity index is 1.98. The summed E-state index contributed by atoms with van der Waals surface area (Å²) in [6, 6.07) is 7.62. The summed E-state index contributed by atoms with van der Waals surface area (Å²) in [5, 5.41) is 19.7. The minimum Gasteiger partial charge on any atom is -0.255 e. The van der Waals surface area contributed by atoms with Crippen molar-refractivity contribution in [3.8, 4) is 6.07 Å². The van der Waals surface area contributed by atoms with Gasteiger partial charge >= 0.3 is 0 Å². The highest BCUT2D eigenvalue weighted by Crippen LogP contribution is 2.12. The Kier molecular flexibility index (Phi) is 4.47. The first-order valence-corrected chi connectivity index (χ1v) is 6.42. The van der Waals surface area contributed by atoms with E-state index in [4.69, 9.17) is 5.26 Å². The van der Waals surface area contributed by atoms with Gasteiger partial charge in [0.1, 0.15) is 0 Å². The van der Waals surface area contributed by atoms with Gasteiger partial charge in [-0.3, -0.25) is 4.98 Å². The molecule has 0 saturated heterocycles. The second kappa shape index (κ2) is 6.51. The number of aromatic amines is 1. The molecule has 96 valence electrons. The number of nitriles is 1. The molecule has 0 radical (unpaired) electrons. The minimum atomic E-state index is 0.313. The molecular formula is C11H11N7S. The number of aromatic nitrogens is 4. The van der Waals surface area contributed by atoms with E-state index < -0.39 is 0 Å². The number of H-pyrrole nitrogens is 1. The van der Waals surface area contributed by atoms with Crippen LogP contribution in [0.3, 0.4) is 0 Å². The van der Waals surface area contributed by atoms with E-state index >= 15 is 0 Å². The first-order chi connectivity index (χ1) is 9.29. The summed E-state index contributed by atoms with van der Waals surface area (Å²) in [7, 11) is 0. The van der Waals surface area contributed by atoms with Crippen LogP contribution in [0.15, 0.2) is 34.7 Å². The Labute approximate surface area is 114 Å². The van der Waals surface area contributed by atoms with E-state index in [-0.39, 0.29) is 0 Å². The topological polar surface area (TPSA) is 103 Å². The zero-order chi connectivity index (χ0) is 13.5. The molecule has 0 atom stereocenters. The molecule has 2 rings (SSSR count). The predicted octanol–water partition coefficient (Wildman–Crippen LogP) is 1.65. The molecular weight excluding hydrogens is 262 g/mol. The number of thioether (sulfide) groups is 1. The second-order valence-corrected chi connectivity index (χ2v) is 4.38. The fourth-order valence-electron chi connectivity index (χ4n) is 1.23. The summed E-state index contributed by atoms with van der Waals surface area (Å²) in [6.07, 6.45) is 1.71. The molecule has 8 heteroatoms. The third-order valence-corrected chi connectivity index (χ3v) is 2.81.